The Morgan fingerprint density at radius 2 is 2.21 bits per heavy atom. The van der Waals surface area contributed by atoms with Crippen LogP contribution in [0.15, 0.2) is 22.2 Å². The maximum Gasteiger partial charge on any atom is 0.347 e. The molecule has 0 fully saturated rings. The lowest BCUT2D eigenvalue weighted by Gasteiger charge is -2.05. The van der Waals surface area contributed by atoms with Gasteiger partial charge in [0.05, 0.1) is 6.61 Å². The molecule has 0 saturated heterocycles. The van der Waals surface area contributed by atoms with Gasteiger partial charge < -0.3 is 5.11 Å². The summed E-state index contributed by atoms with van der Waals surface area (Å²) in [7, 11) is 1.42. The minimum absolute atomic E-state index is 0.0473. The molecule has 0 radical (unpaired) electrons. The Balaban J connectivity index is 3.53. The highest BCUT2D eigenvalue weighted by Crippen LogP contribution is 1.81. The molecule has 6 nitrogen and oxygen atoms in total. The monoisotopic (exact) mass is 197 g/mol. The van der Waals surface area contributed by atoms with Crippen LogP contribution in [0.2, 0.25) is 0 Å². The fraction of sp³-hybridized carbons (Fsp3) is 0.375. The third kappa shape index (κ3) is 1.64. The van der Waals surface area contributed by atoms with Gasteiger partial charge in [-0.2, -0.15) is 5.10 Å². The molecule has 0 aliphatic rings. The molecular weight excluding hydrogens is 186 g/mol. The standard InChI is InChI=1S/C8H11N3O3/c1-3-4-11-7(13)6(5-12)9-10(2)8(11)14/h3,12H,1,4-5H2,2H3. The number of rotatable bonds is 3. The van der Waals surface area contributed by atoms with Crippen LogP contribution in [0, 0.1) is 0 Å². The Labute approximate surface area is 79.7 Å². The van der Waals surface area contributed by atoms with Crippen LogP contribution in [0.4, 0.5) is 0 Å². The Morgan fingerprint density at radius 1 is 1.57 bits per heavy atom. The van der Waals surface area contributed by atoms with Gasteiger partial charge in [0.25, 0.3) is 5.56 Å². The Kier molecular flexibility index (Phi) is 2.98. The van der Waals surface area contributed by atoms with Gasteiger partial charge in [-0.1, -0.05) is 6.08 Å². The molecule has 0 spiro atoms. The highest BCUT2D eigenvalue weighted by atomic mass is 16.3. The Bertz CT molecular complexity index is 458. The van der Waals surface area contributed by atoms with Crippen molar-refractivity contribution in [2.75, 3.05) is 0 Å². The molecule has 0 unspecified atom stereocenters. The second kappa shape index (κ2) is 4.01. The summed E-state index contributed by atoms with van der Waals surface area (Å²) in [5.41, 5.74) is -1.14. The lowest BCUT2D eigenvalue weighted by Crippen LogP contribution is -2.42. The van der Waals surface area contributed by atoms with E-state index in [1.165, 1.54) is 13.1 Å². The number of aryl methyl sites for hydroxylation is 1. The van der Waals surface area contributed by atoms with Crippen molar-refractivity contribution in [1.29, 1.82) is 0 Å². The average molecular weight is 197 g/mol. The zero-order valence-electron chi connectivity index (χ0n) is 7.80. The van der Waals surface area contributed by atoms with Crippen LogP contribution < -0.4 is 11.2 Å². The molecule has 1 heterocycles. The van der Waals surface area contributed by atoms with E-state index in [0.717, 1.165) is 9.25 Å². The van der Waals surface area contributed by atoms with E-state index in [0.29, 0.717) is 0 Å². The van der Waals surface area contributed by atoms with Crippen molar-refractivity contribution in [1.82, 2.24) is 14.3 Å². The van der Waals surface area contributed by atoms with E-state index in [1.807, 2.05) is 0 Å². The van der Waals surface area contributed by atoms with E-state index in [2.05, 4.69) is 11.7 Å². The van der Waals surface area contributed by atoms with Crippen molar-refractivity contribution in [3.8, 4) is 0 Å². The number of nitrogens with zero attached hydrogens (tertiary/aromatic N) is 3. The molecule has 6 heteroatoms. The SMILES string of the molecule is C=CCn1c(=O)c(CO)nn(C)c1=O. The van der Waals surface area contributed by atoms with Gasteiger partial charge >= 0.3 is 5.69 Å². The first-order valence-electron chi connectivity index (χ1n) is 4.00. The highest BCUT2D eigenvalue weighted by molar-refractivity contribution is 4.93. The van der Waals surface area contributed by atoms with E-state index < -0.39 is 17.9 Å². The first-order chi connectivity index (χ1) is 6.61. The second-order valence-electron chi connectivity index (χ2n) is 2.72. The smallest absolute Gasteiger partial charge is 0.347 e. The molecular formula is C8H11N3O3. The third-order valence-electron chi connectivity index (χ3n) is 1.73. The quantitative estimate of drug-likeness (QED) is 0.606. The molecule has 1 rings (SSSR count). The molecule has 0 aliphatic carbocycles. The third-order valence-corrected chi connectivity index (χ3v) is 1.73. The highest BCUT2D eigenvalue weighted by Gasteiger charge is 2.08. The number of aliphatic hydroxyl groups excluding tert-OH is 1. The first-order valence-corrected chi connectivity index (χ1v) is 4.00. The van der Waals surface area contributed by atoms with E-state index in [9.17, 15) is 9.59 Å². The molecule has 0 atom stereocenters. The second-order valence-corrected chi connectivity index (χ2v) is 2.72. The van der Waals surface area contributed by atoms with E-state index in [4.69, 9.17) is 5.11 Å². The van der Waals surface area contributed by atoms with Crippen molar-refractivity contribution in [2.24, 2.45) is 7.05 Å². The van der Waals surface area contributed by atoms with Crippen molar-refractivity contribution < 1.29 is 5.11 Å². The Hall–Kier alpha value is -1.69. The van der Waals surface area contributed by atoms with Crippen molar-refractivity contribution in [3.05, 3.63) is 39.2 Å². The fourth-order valence-electron chi connectivity index (χ4n) is 1.07. The zero-order chi connectivity index (χ0) is 10.7. The average Bonchev–Trinajstić information content (AvgIpc) is 2.18. The van der Waals surface area contributed by atoms with Crippen LogP contribution in [0.25, 0.3) is 0 Å². The van der Waals surface area contributed by atoms with E-state index in [1.54, 1.807) is 0 Å². The predicted molar refractivity (Wildman–Crippen MR) is 49.9 cm³/mol. The van der Waals surface area contributed by atoms with E-state index in [-0.39, 0.29) is 12.2 Å². The van der Waals surface area contributed by atoms with Gasteiger partial charge in [0.2, 0.25) is 0 Å². The molecule has 0 aliphatic heterocycles. The van der Waals surface area contributed by atoms with Gasteiger partial charge in [0.1, 0.15) is 0 Å². The van der Waals surface area contributed by atoms with Gasteiger partial charge in [-0.05, 0) is 0 Å². The summed E-state index contributed by atoms with van der Waals surface area (Å²) in [6.45, 7) is 3.06. The van der Waals surface area contributed by atoms with Crippen LogP contribution in [-0.4, -0.2) is 19.5 Å². The number of allylic oxidation sites excluding steroid dienone is 1. The van der Waals surface area contributed by atoms with Crippen LogP contribution in [0.3, 0.4) is 0 Å². The maximum absolute atomic E-state index is 11.4. The summed E-state index contributed by atoms with van der Waals surface area (Å²) in [6, 6.07) is 0. The summed E-state index contributed by atoms with van der Waals surface area (Å²) in [5, 5.41) is 12.4. The lowest BCUT2D eigenvalue weighted by atomic mass is 10.4. The van der Waals surface area contributed by atoms with Crippen LogP contribution in [0.1, 0.15) is 5.69 Å². The zero-order valence-corrected chi connectivity index (χ0v) is 7.80. The number of hydrogen-bond donors (Lipinski definition) is 1. The molecule has 0 saturated carbocycles. The molecule has 0 aromatic carbocycles. The van der Waals surface area contributed by atoms with Gasteiger partial charge in [-0.15, -0.1) is 6.58 Å². The largest absolute Gasteiger partial charge is 0.390 e. The molecule has 0 bridgehead atoms. The van der Waals surface area contributed by atoms with Crippen LogP contribution in [-0.2, 0) is 20.2 Å². The first kappa shape index (κ1) is 10.4. The van der Waals surface area contributed by atoms with Gasteiger partial charge in [0, 0.05) is 13.6 Å². The summed E-state index contributed by atoms with van der Waals surface area (Å²) in [6.07, 6.45) is 1.43. The molecule has 1 aromatic heterocycles. The minimum atomic E-state index is -0.574. The number of aliphatic hydroxyl groups is 1. The summed E-state index contributed by atoms with van der Waals surface area (Å²) < 4.78 is 1.97. The summed E-state index contributed by atoms with van der Waals surface area (Å²) in [5.74, 6) is 0. The molecule has 76 valence electrons. The summed E-state index contributed by atoms with van der Waals surface area (Å²) in [4.78, 5) is 22.8. The molecule has 14 heavy (non-hydrogen) atoms. The predicted octanol–water partition coefficient (Wildman–Crippen LogP) is -1.38. The fourth-order valence-corrected chi connectivity index (χ4v) is 1.07. The van der Waals surface area contributed by atoms with Crippen molar-refractivity contribution in [3.63, 3.8) is 0 Å². The molecule has 1 N–H and O–H groups in total. The number of aromatic nitrogens is 3. The van der Waals surface area contributed by atoms with Crippen molar-refractivity contribution in [2.45, 2.75) is 13.2 Å². The van der Waals surface area contributed by atoms with Crippen LogP contribution in [0.5, 0.6) is 0 Å². The number of hydrogen-bond acceptors (Lipinski definition) is 4. The normalized spacial score (nSPS) is 10.1. The van der Waals surface area contributed by atoms with Crippen LogP contribution >= 0.6 is 0 Å². The maximum atomic E-state index is 11.4. The Morgan fingerprint density at radius 3 is 2.71 bits per heavy atom. The molecule has 1 aromatic rings. The van der Waals surface area contributed by atoms with Gasteiger partial charge in [-0.25, -0.2) is 9.48 Å². The summed E-state index contributed by atoms with van der Waals surface area (Å²) >= 11 is 0. The van der Waals surface area contributed by atoms with Gasteiger partial charge in [0.15, 0.2) is 5.69 Å². The van der Waals surface area contributed by atoms with E-state index >= 15 is 0 Å². The van der Waals surface area contributed by atoms with Gasteiger partial charge in [-0.3, -0.25) is 9.36 Å². The lowest BCUT2D eigenvalue weighted by molar-refractivity contribution is 0.268. The minimum Gasteiger partial charge on any atom is -0.390 e. The molecule has 0 amide bonds. The van der Waals surface area contributed by atoms with Crippen molar-refractivity contribution >= 4 is 0 Å². The topological polar surface area (TPSA) is 77.1 Å².